The zero-order valence-electron chi connectivity index (χ0n) is 18.9. The zero-order valence-corrected chi connectivity index (χ0v) is 18.9. The Balaban J connectivity index is 1.31. The van der Waals surface area contributed by atoms with Crippen molar-refractivity contribution in [1.82, 2.24) is 30.0 Å². The van der Waals surface area contributed by atoms with Gasteiger partial charge in [0.25, 0.3) is 5.91 Å². The summed E-state index contributed by atoms with van der Waals surface area (Å²) in [7, 11) is 0. The van der Waals surface area contributed by atoms with Crippen molar-refractivity contribution in [2.45, 2.75) is 26.4 Å². The first-order valence-corrected chi connectivity index (χ1v) is 11.0. The van der Waals surface area contributed by atoms with E-state index in [1.165, 1.54) is 0 Å². The quantitative estimate of drug-likeness (QED) is 0.487. The van der Waals surface area contributed by atoms with Gasteiger partial charge in [0.05, 0.1) is 16.6 Å². The van der Waals surface area contributed by atoms with Crippen LogP contribution in [0.1, 0.15) is 31.1 Å². The average Bonchev–Trinajstić information content (AvgIpc) is 3.41. The number of fused-ring (bicyclic) bond motifs is 2. The van der Waals surface area contributed by atoms with Crippen LogP contribution in [0.15, 0.2) is 42.5 Å². The number of para-hydroxylation sites is 1. The van der Waals surface area contributed by atoms with E-state index in [9.17, 15) is 9.59 Å². The van der Waals surface area contributed by atoms with Crippen molar-refractivity contribution in [3.8, 4) is 11.5 Å². The molecule has 2 aromatic carbocycles. The van der Waals surface area contributed by atoms with E-state index < -0.39 is 5.60 Å². The lowest BCUT2D eigenvalue weighted by Gasteiger charge is -2.35. The van der Waals surface area contributed by atoms with Gasteiger partial charge in [0.1, 0.15) is 11.3 Å². The molecule has 0 atom stereocenters. The maximum Gasteiger partial charge on any atom is 0.410 e. The van der Waals surface area contributed by atoms with Crippen molar-refractivity contribution in [3.63, 3.8) is 0 Å². The van der Waals surface area contributed by atoms with E-state index in [-0.39, 0.29) is 12.0 Å². The van der Waals surface area contributed by atoms with E-state index in [1.54, 1.807) is 15.9 Å². The molecule has 9 nitrogen and oxygen atoms in total. The molecule has 0 saturated carbocycles. The highest BCUT2D eigenvalue weighted by Crippen LogP contribution is 2.26. The van der Waals surface area contributed by atoms with E-state index in [0.717, 1.165) is 27.6 Å². The molecule has 2 N–H and O–H groups in total. The van der Waals surface area contributed by atoms with Crippen LogP contribution in [0.25, 0.3) is 33.5 Å². The summed E-state index contributed by atoms with van der Waals surface area (Å²) in [4.78, 5) is 36.7. The average molecular weight is 447 g/mol. The molecule has 0 aliphatic carbocycles. The summed E-state index contributed by atoms with van der Waals surface area (Å²) in [5.74, 6) is 0.583. The first kappa shape index (κ1) is 21.0. The first-order chi connectivity index (χ1) is 15.8. The number of hydrogen-bond donors (Lipinski definition) is 2. The molecule has 3 heterocycles. The first-order valence-electron chi connectivity index (χ1n) is 11.0. The second-order valence-electron chi connectivity index (χ2n) is 9.19. The molecule has 9 heteroatoms. The number of amides is 2. The van der Waals surface area contributed by atoms with Crippen LogP contribution in [0, 0.1) is 0 Å². The summed E-state index contributed by atoms with van der Waals surface area (Å²) in [5.41, 5.74) is 3.27. The minimum absolute atomic E-state index is 0.0675. The third kappa shape index (κ3) is 4.13. The van der Waals surface area contributed by atoms with Crippen LogP contribution < -0.4 is 0 Å². The van der Waals surface area contributed by atoms with Gasteiger partial charge in [0, 0.05) is 37.1 Å². The number of benzene rings is 2. The number of rotatable bonds is 2. The molecular weight excluding hydrogens is 420 g/mol. The molecule has 5 rings (SSSR count). The van der Waals surface area contributed by atoms with Crippen LogP contribution >= 0.6 is 0 Å². The minimum Gasteiger partial charge on any atom is -0.444 e. The summed E-state index contributed by atoms with van der Waals surface area (Å²) in [6.07, 6.45) is -0.341. The van der Waals surface area contributed by atoms with Gasteiger partial charge in [-0.15, -0.1) is 0 Å². The molecule has 0 unspecified atom stereocenters. The predicted molar refractivity (Wildman–Crippen MR) is 125 cm³/mol. The number of aromatic nitrogens is 4. The van der Waals surface area contributed by atoms with Gasteiger partial charge in [-0.3, -0.25) is 9.89 Å². The highest BCUT2D eigenvalue weighted by Gasteiger charge is 2.28. The molecule has 1 saturated heterocycles. The lowest BCUT2D eigenvalue weighted by atomic mass is 10.1. The number of aromatic amines is 2. The van der Waals surface area contributed by atoms with E-state index >= 15 is 0 Å². The van der Waals surface area contributed by atoms with Crippen LogP contribution in [0.2, 0.25) is 0 Å². The van der Waals surface area contributed by atoms with Crippen molar-refractivity contribution < 1.29 is 14.3 Å². The van der Waals surface area contributed by atoms with Crippen molar-refractivity contribution in [3.05, 3.63) is 48.0 Å². The summed E-state index contributed by atoms with van der Waals surface area (Å²) in [6, 6.07) is 13.3. The Kier molecular flexibility index (Phi) is 5.03. The molecular formula is C24H26N6O3. The van der Waals surface area contributed by atoms with Gasteiger partial charge in [-0.2, -0.15) is 5.10 Å². The van der Waals surface area contributed by atoms with Gasteiger partial charge in [0.2, 0.25) is 0 Å². The molecule has 1 aliphatic rings. The van der Waals surface area contributed by atoms with E-state index in [0.29, 0.717) is 37.6 Å². The molecule has 33 heavy (non-hydrogen) atoms. The fourth-order valence-corrected chi connectivity index (χ4v) is 4.00. The highest BCUT2D eigenvalue weighted by atomic mass is 16.6. The predicted octanol–water partition coefficient (Wildman–Crippen LogP) is 3.80. The van der Waals surface area contributed by atoms with Crippen LogP contribution in [0.5, 0.6) is 0 Å². The summed E-state index contributed by atoms with van der Waals surface area (Å²) >= 11 is 0. The summed E-state index contributed by atoms with van der Waals surface area (Å²) in [5, 5.41) is 8.40. The van der Waals surface area contributed by atoms with Crippen LogP contribution in [-0.2, 0) is 4.74 Å². The number of nitrogens with one attached hydrogen (secondary N) is 2. The molecule has 0 bridgehead atoms. The van der Waals surface area contributed by atoms with E-state index in [4.69, 9.17) is 4.74 Å². The Hall–Kier alpha value is -3.88. The SMILES string of the molecule is CC(C)(C)OC(=O)N1CCN(C(=O)c2ccc3nc(-c4n[nH]c5ccccc45)[nH]c3c2)CC1. The normalized spacial score (nSPS) is 14.8. The fourth-order valence-electron chi connectivity index (χ4n) is 4.00. The van der Waals surface area contributed by atoms with E-state index in [2.05, 4.69) is 20.2 Å². The lowest BCUT2D eigenvalue weighted by molar-refractivity contribution is 0.0141. The Morgan fingerprint density at radius 1 is 0.970 bits per heavy atom. The lowest BCUT2D eigenvalue weighted by Crippen LogP contribution is -2.51. The number of H-pyrrole nitrogens is 2. The third-order valence-corrected chi connectivity index (χ3v) is 5.64. The molecule has 1 fully saturated rings. The second kappa shape index (κ2) is 7.91. The number of carbonyl (C=O) groups excluding carboxylic acids is 2. The maximum atomic E-state index is 13.1. The smallest absolute Gasteiger partial charge is 0.410 e. The van der Waals surface area contributed by atoms with Crippen molar-refractivity contribution in [2.75, 3.05) is 26.2 Å². The van der Waals surface area contributed by atoms with Crippen LogP contribution in [0.4, 0.5) is 4.79 Å². The second-order valence-corrected chi connectivity index (χ2v) is 9.19. The van der Waals surface area contributed by atoms with Gasteiger partial charge in [-0.05, 0) is 45.0 Å². The molecule has 2 aromatic heterocycles. The Labute approximate surface area is 190 Å². The van der Waals surface area contributed by atoms with Crippen LogP contribution in [-0.4, -0.2) is 73.7 Å². The Morgan fingerprint density at radius 3 is 2.45 bits per heavy atom. The highest BCUT2D eigenvalue weighted by molar-refractivity contribution is 5.98. The van der Waals surface area contributed by atoms with Gasteiger partial charge >= 0.3 is 6.09 Å². The van der Waals surface area contributed by atoms with Crippen molar-refractivity contribution in [1.29, 1.82) is 0 Å². The standard InChI is InChI=1S/C24H26N6O3/c1-24(2,3)33-23(32)30-12-10-29(11-13-30)22(31)15-8-9-18-19(14-15)26-21(25-18)20-16-6-4-5-7-17(16)27-28-20/h4-9,14H,10-13H2,1-3H3,(H,25,26)(H,27,28). The van der Waals surface area contributed by atoms with Crippen LogP contribution in [0.3, 0.4) is 0 Å². The number of piperazine rings is 1. The minimum atomic E-state index is -0.537. The van der Waals surface area contributed by atoms with Gasteiger partial charge in [0.15, 0.2) is 5.82 Å². The third-order valence-electron chi connectivity index (χ3n) is 5.64. The monoisotopic (exact) mass is 446 g/mol. The van der Waals surface area contributed by atoms with Gasteiger partial charge < -0.3 is 19.5 Å². The summed E-state index contributed by atoms with van der Waals surface area (Å²) < 4.78 is 5.43. The maximum absolute atomic E-state index is 13.1. The molecule has 4 aromatic rings. The zero-order chi connectivity index (χ0) is 23.2. The van der Waals surface area contributed by atoms with Gasteiger partial charge in [-0.25, -0.2) is 9.78 Å². The summed E-state index contributed by atoms with van der Waals surface area (Å²) in [6.45, 7) is 7.35. The topological polar surface area (TPSA) is 107 Å². The number of ether oxygens (including phenoxy) is 1. The Morgan fingerprint density at radius 2 is 1.70 bits per heavy atom. The molecule has 1 aliphatic heterocycles. The molecule has 0 radical (unpaired) electrons. The van der Waals surface area contributed by atoms with Crippen molar-refractivity contribution >= 4 is 33.9 Å². The number of imidazole rings is 1. The van der Waals surface area contributed by atoms with Crippen molar-refractivity contribution in [2.24, 2.45) is 0 Å². The Bertz CT molecular complexity index is 1340. The van der Waals surface area contributed by atoms with Gasteiger partial charge in [-0.1, -0.05) is 18.2 Å². The number of hydrogen-bond acceptors (Lipinski definition) is 5. The fraction of sp³-hybridized carbons (Fsp3) is 0.333. The largest absolute Gasteiger partial charge is 0.444 e. The van der Waals surface area contributed by atoms with E-state index in [1.807, 2.05) is 57.2 Å². The molecule has 2 amide bonds. The number of nitrogens with zero attached hydrogens (tertiary/aromatic N) is 4. The number of carbonyl (C=O) groups is 2. The molecule has 0 spiro atoms. The molecule has 170 valence electrons.